The van der Waals surface area contributed by atoms with Gasteiger partial charge in [0, 0.05) is 20.1 Å². The summed E-state index contributed by atoms with van der Waals surface area (Å²) < 4.78 is 20.0. The summed E-state index contributed by atoms with van der Waals surface area (Å²) in [6, 6.07) is 13.1. The number of ether oxygens (including phenoxy) is 1. The molecule has 1 aliphatic carbocycles. The zero-order valence-corrected chi connectivity index (χ0v) is 18.7. The van der Waals surface area contributed by atoms with E-state index in [4.69, 9.17) is 4.74 Å². The molecule has 2 aromatic rings. The summed E-state index contributed by atoms with van der Waals surface area (Å²) in [5.74, 6) is 1.03. The number of halogens is 1. The Bertz CT molecular complexity index is 990. The first-order chi connectivity index (χ1) is 15.5. The summed E-state index contributed by atoms with van der Waals surface area (Å²) >= 11 is 0. The maximum Gasteiger partial charge on any atom is 0.242 e. The number of hydrogen-bond donors (Lipinski definition) is 2. The normalized spacial score (nSPS) is 16.8. The summed E-state index contributed by atoms with van der Waals surface area (Å²) in [5, 5.41) is 6.31. The number of benzene rings is 2. The number of carbonyl (C=O) groups is 1. The molecule has 32 heavy (non-hydrogen) atoms. The molecule has 0 aromatic heterocycles. The lowest BCUT2D eigenvalue weighted by Crippen LogP contribution is -2.46. The summed E-state index contributed by atoms with van der Waals surface area (Å²) in [6.45, 7) is 4.01. The highest BCUT2D eigenvalue weighted by molar-refractivity contribution is 5.86. The lowest BCUT2D eigenvalue weighted by molar-refractivity contribution is -0.130. The van der Waals surface area contributed by atoms with Crippen LogP contribution in [0.25, 0.3) is 0 Å². The molecule has 2 N–H and O–H groups in total. The fourth-order valence-electron chi connectivity index (χ4n) is 3.86. The van der Waals surface area contributed by atoms with E-state index in [-0.39, 0.29) is 24.3 Å². The number of rotatable bonds is 7. The van der Waals surface area contributed by atoms with Gasteiger partial charge in [-0.05, 0) is 60.9 Å². The van der Waals surface area contributed by atoms with E-state index in [1.54, 1.807) is 13.1 Å². The molecule has 1 unspecified atom stereocenters. The van der Waals surface area contributed by atoms with Gasteiger partial charge in [-0.3, -0.25) is 9.79 Å². The second kappa shape index (κ2) is 10.0. The van der Waals surface area contributed by atoms with Gasteiger partial charge in [0.05, 0.1) is 19.2 Å². The SMILES string of the molecule is CN=C(NCC(=O)N1CCc2ccccc2C1)NC(C)c1ccc(OCC2CC2)c(F)c1. The molecule has 170 valence electrons. The molecule has 0 spiro atoms. The van der Waals surface area contributed by atoms with Crippen molar-refractivity contribution in [2.75, 3.05) is 26.7 Å². The van der Waals surface area contributed by atoms with Crippen LogP contribution in [-0.2, 0) is 17.8 Å². The first kappa shape index (κ1) is 22.1. The van der Waals surface area contributed by atoms with Crippen LogP contribution in [0.1, 0.15) is 42.5 Å². The second-order valence-electron chi connectivity index (χ2n) is 8.57. The minimum Gasteiger partial charge on any atom is -0.490 e. The van der Waals surface area contributed by atoms with Gasteiger partial charge in [-0.1, -0.05) is 30.3 Å². The molecule has 7 heteroatoms. The number of guanidine groups is 1. The fourth-order valence-corrected chi connectivity index (χ4v) is 3.86. The van der Waals surface area contributed by atoms with E-state index in [9.17, 15) is 9.18 Å². The van der Waals surface area contributed by atoms with Crippen molar-refractivity contribution in [2.24, 2.45) is 10.9 Å². The van der Waals surface area contributed by atoms with Crippen molar-refractivity contribution in [1.82, 2.24) is 15.5 Å². The van der Waals surface area contributed by atoms with Gasteiger partial charge >= 0.3 is 0 Å². The second-order valence-corrected chi connectivity index (χ2v) is 8.57. The highest BCUT2D eigenvalue weighted by Crippen LogP contribution is 2.30. The number of aliphatic imine (C=N–C) groups is 1. The lowest BCUT2D eigenvalue weighted by Gasteiger charge is -2.29. The smallest absolute Gasteiger partial charge is 0.242 e. The summed E-state index contributed by atoms with van der Waals surface area (Å²) in [7, 11) is 1.65. The predicted octanol–water partition coefficient (Wildman–Crippen LogP) is 3.43. The molecule has 0 bridgehead atoms. The number of amides is 1. The third-order valence-corrected chi connectivity index (χ3v) is 6.09. The first-order valence-electron chi connectivity index (χ1n) is 11.3. The van der Waals surface area contributed by atoms with Gasteiger partial charge in [0.2, 0.25) is 5.91 Å². The van der Waals surface area contributed by atoms with E-state index >= 15 is 0 Å². The number of hydrogen-bond acceptors (Lipinski definition) is 3. The van der Waals surface area contributed by atoms with Crippen molar-refractivity contribution in [3.05, 3.63) is 65.0 Å². The van der Waals surface area contributed by atoms with Crippen LogP contribution in [0, 0.1) is 11.7 Å². The van der Waals surface area contributed by atoms with Crippen LogP contribution in [0.15, 0.2) is 47.5 Å². The first-order valence-corrected chi connectivity index (χ1v) is 11.3. The Labute approximate surface area is 188 Å². The summed E-state index contributed by atoms with van der Waals surface area (Å²) in [6.07, 6.45) is 3.21. The van der Waals surface area contributed by atoms with Crippen molar-refractivity contribution >= 4 is 11.9 Å². The summed E-state index contributed by atoms with van der Waals surface area (Å²) in [5.41, 5.74) is 3.30. The van der Waals surface area contributed by atoms with Crippen LogP contribution >= 0.6 is 0 Å². The fraction of sp³-hybridized carbons (Fsp3) is 0.440. The number of fused-ring (bicyclic) bond motifs is 1. The van der Waals surface area contributed by atoms with E-state index in [1.165, 1.54) is 30.0 Å². The minimum absolute atomic E-state index is 0.0262. The zero-order valence-electron chi connectivity index (χ0n) is 18.7. The van der Waals surface area contributed by atoms with Crippen LogP contribution in [-0.4, -0.2) is 43.5 Å². The summed E-state index contributed by atoms with van der Waals surface area (Å²) in [4.78, 5) is 18.8. The van der Waals surface area contributed by atoms with Gasteiger partial charge in [-0.15, -0.1) is 0 Å². The number of nitrogens with zero attached hydrogens (tertiary/aromatic N) is 2. The molecule has 4 rings (SSSR count). The predicted molar refractivity (Wildman–Crippen MR) is 123 cm³/mol. The Hall–Kier alpha value is -3.09. The van der Waals surface area contributed by atoms with Gasteiger partial charge in [-0.2, -0.15) is 0 Å². The molecule has 2 aliphatic rings. The molecule has 1 amide bonds. The van der Waals surface area contributed by atoms with Crippen molar-refractivity contribution in [3.63, 3.8) is 0 Å². The van der Waals surface area contributed by atoms with Crippen LogP contribution in [0.2, 0.25) is 0 Å². The molecule has 2 aromatic carbocycles. The van der Waals surface area contributed by atoms with E-state index in [1.807, 2.05) is 30.0 Å². The van der Waals surface area contributed by atoms with Crippen molar-refractivity contribution < 1.29 is 13.9 Å². The monoisotopic (exact) mass is 438 g/mol. The highest BCUT2D eigenvalue weighted by atomic mass is 19.1. The molecule has 1 saturated carbocycles. The van der Waals surface area contributed by atoms with Crippen LogP contribution < -0.4 is 15.4 Å². The largest absolute Gasteiger partial charge is 0.490 e. The third-order valence-electron chi connectivity index (χ3n) is 6.09. The Morgan fingerprint density at radius 1 is 1.25 bits per heavy atom. The molecular formula is C25H31FN4O2. The van der Waals surface area contributed by atoms with E-state index in [0.29, 0.717) is 37.3 Å². The van der Waals surface area contributed by atoms with Crippen LogP contribution in [0.3, 0.4) is 0 Å². The van der Waals surface area contributed by atoms with E-state index in [0.717, 1.165) is 12.0 Å². The van der Waals surface area contributed by atoms with E-state index in [2.05, 4.69) is 27.8 Å². The van der Waals surface area contributed by atoms with Crippen LogP contribution in [0.4, 0.5) is 4.39 Å². The quantitative estimate of drug-likeness (QED) is 0.514. The topological polar surface area (TPSA) is 66.0 Å². The van der Waals surface area contributed by atoms with Crippen LogP contribution in [0.5, 0.6) is 5.75 Å². The molecule has 6 nitrogen and oxygen atoms in total. The lowest BCUT2D eigenvalue weighted by atomic mass is 10.00. The average molecular weight is 439 g/mol. The highest BCUT2D eigenvalue weighted by Gasteiger charge is 2.23. The third kappa shape index (κ3) is 5.58. The molecule has 1 fully saturated rings. The Morgan fingerprint density at radius 2 is 2.03 bits per heavy atom. The number of carbonyl (C=O) groups excluding carboxylic acids is 1. The average Bonchev–Trinajstić information content (AvgIpc) is 3.64. The molecule has 1 atom stereocenters. The number of nitrogens with one attached hydrogen (secondary N) is 2. The standard InChI is InChI=1S/C25H31FN4O2/c1-17(20-9-10-23(22(26)13-20)32-16-18-7-8-18)29-25(27-2)28-14-24(31)30-12-11-19-5-3-4-6-21(19)15-30/h3-6,9-10,13,17-18H,7-8,11-12,14-16H2,1-2H3,(H2,27,28,29). The van der Waals surface area contributed by atoms with Gasteiger partial charge in [-0.25, -0.2) is 4.39 Å². The molecule has 0 saturated heterocycles. The van der Waals surface area contributed by atoms with Gasteiger partial charge in [0.15, 0.2) is 17.5 Å². The molecular weight excluding hydrogens is 407 g/mol. The maximum atomic E-state index is 14.4. The Balaban J connectivity index is 1.27. The van der Waals surface area contributed by atoms with Gasteiger partial charge in [0.25, 0.3) is 0 Å². The molecule has 0 radical (unpaired) electrons. The van der Waals surface area contributed by atoms with E-state index < -0.39 is 0 Å². The zero-order chi connectivity index (χ0) is 22.5. The maximum absolute atomic E-state index is 14.4. The van der Waals surface area contributed by atoms with Crippen molar-refractivity contribution in [3.8, 4) is 5.75 Å². The van der Waals surface area contributed by atoms with Crippen molar-refractivity contribution in [2.45, 2.75) is 38.8 Å². The Kier molecular flexibility index (Phi) is 6.93. The van der Waals surface area contributed by atoms with Gasteiger partial charge in [0.1, 0.15) is 0 Å². The molecule has 1 aliphatic heterocycles. The minimum atomic E-state index is -0.361. The molecule has 1 heterocycles. The van der Waals surface area contributed by atoms with Gasteiger partial charge < -0.3 is 20.3 Å². The van der Waals surface area contributed by atoms with Crippen molar-refractivity contribution in [1.29, 1.82) is 0 Å². The Morgan fingerprint density at radius 3 is 2.75 bits per heavy atom.